The number of nitrogens with zero attached hydrogens (tertiary/aromatic N) is 1. The van der Waals surface area contributed by atoms with Crippen LogP contribution in [0.25, 0.3) is 0 Å². The third-order valence-corrected chi connectivity index (χ3v) is 2.51. The van der Waals surface area contributed by atoms with Crippen LogP contribution in [0, 0.1) is 0 Å². The summed E-state index contributed by atoms with van der Waals surface area (Å²) in [6.45, 7) is 5.64. The van der Waals surface area contributed by atoms with Crippen molar-refractivity contribution in [2.75, 3.05) is 0 Å². The SMILES string of the molecule is CCCCc1ccc[n+](CCCC)c1. The Balaban J connectivity index is 2.50. The van der Waals surface area contributed by atoms with Gasteiger partial charge < -0.3 is 0 Å². The smallest absolute Gasteiger partial charge is 0.171 e. The maximum absolute atomic E-state index is 2.31. The van der Waals surface area contributed by atoms with Gasteiger partial charge in [-0.25, -0.2) is 4.57 Å². The first-order valence-corrected chi connectivity index (χ1v) is 5.84. The van der Waals surface area contributed by atoms with Crippen molar-refractivity contribution in [3.8, 4) is 0 Å². The van der Waals surface area contributed by atoms with Crippen LogP contribution in [0.2, 0.25) is 0 Å². The third kappa shape index (κ3) is 3.91. The van der Waals surface area contributed by atoms with Crippen LogP contribution in [0.3, 0.4) is 0 Å². The van der Waals surface area contributed by atoms with Gasteiger partial charge in [-0.3, -0.25) is 0 Å². The van der Waals surface area contributed by atoms with Crippen molar-refractivity contribution in [3.05, 3.63) is 30.1 Å². The minimum atomic E-state index is 1.16. The quantitative estimate of drug-likeness (QED) is 0.610. The zero-order chi connectivity index (χ0) is 10.2. The second-order valence-corrected chi connectivity index (χ2v) is 3.91. The van der Waals surface area contributed by atoms with Crippen LogP contribution in [0.4, 0.5) is 0 Å². The minimum Gasteiger partial charge on any atom is -0.205 e. The van der Waals surface area contributed by atoms with Crippen molar-refractivity contribution >= 4 is 0 Å². The van der Waals surface area contributed by atoms with E-state index in [0.29, 0.717) is 0 Å². The van der Waals surface area contributed by atoms with E-state index in [9.17, 15) is 0 Å². The highest BCUT2D eigenvalue weighted by molar-refractivity contribution is 5.05. The molecule has 0 fully saturated rings. The van der Waals surface area contributed by atoms with E-state index in [4.69, 9.17) is 0 Å². The van der Waals surface area contributed by atoms with Gasteiger partial charge in [-0.15, -0.1) is 0 Å². The molecule has 1 heteroatoms. The Bertz CT molecular complexity index is 232. The van der Waals surface area contributed by atoms with Gasteiger partial charge in [0.15, 0.2) is 12.4 Å². The lowest BCUT2D eigenvalue weighted by Gasteiger charge is -1.99. The second-order valence-electron chi connectivity index (χ2n) is 3.91. The fourth-order valence-electron chi connectivity index (χ4n) is 1.58. The number of aryl methyl sites for hydroxylation is 2. The first kappa shape index (κ1) is 11.2. The van der Waals surface area contributed by atoms with Crippen molar-refractivity contribution < 1.29 is 4.57 Å². The molecule has 14 heavy (non-hydrogen) atoms. The maximum Gasteiger partial charge on any atom is 0.171 e. The van der Waals surface area contributed by atoms with Gasteiger partial charge in [0.1, 0.15) is 6.54 Å². The summed E-state index contributed by atoms with van der Waals surface area (Å²) in [7, 11) is 0. The standard InChI is InChI=1S/C13H22N/c1-3-5-8-13-9-7-11-14(12-13)10-6-4-2/h7,9,11-12H,3-6,8,10H2,1-2H3/q+1. The highest BCUT2D eigenvalue weighted by Crippen LogP contribution is 2.01. The van der Waals surface area contributed by atoms with Crippen molar-refractivity contribution in [3.63, 3.8) is 0 Å². The van der Waals surface area contributed by atoms with E-state index in [1.165, 1.54) is 37.7 Å². The normalized spacial score (nSPS) is 10.4. The van der Waals surface area contributed by atoms with E-state index in [0.717, 1.165) is 6.54 Å². The first-order chi connectivity index (χ1) is 6.86. The fourth-order valence-corrected chi connectivity index (χ4v) is 1.58. The topological polar surface area (TPSA) is 3.88 Å². The molecule has 0 saturated heterocycles. The van der Waals surface area contributed by atoms with Gasteiger partial charge in [0.05, 0.1) is 0 Å². The molecule has 0 aliphatic carbocycles. The summed E-state index contributed by atoms with van der Waals surface area (Å²) in [6, 6.07) is 4.40. The molecule has 1 aromatic heterocycles. The molecule has 0 aliphatic heterocycles. The monoisotopic (exact) mass is 192 g/mol. The van der Waals surface area contributed by atoms with Gasteiger partial charge in [0.25, 0.3) is 0 Å². The van der Waals surface area contributed by atoms with Gasteiger partial charge in [0, 0.05) is 18.1 Å². The molecule has 0 unspecified atom stereocenters. The number of hydrogen-bond acceptors (Lipinski definition) is 0. The molecule has 0 aromatic carbocycles. The fraction of sp³-hybridized carbons (Fsp3) is 0.615. The number of hydrogen-bond donors (Lipinski definition) is 0. The largest absolute Gasteiger partial charge is 0.205 e. The Hall–Kier alpha value is -0.850. The number of aromatic nitrogens is 1. The van der Waals surface area contributed by atoms with Gasteiger partial charge in [-0.2, -0.15) is 0 Å². The van der Waals surface area contributed by atoms with E-state index >= 15 is 0 Å². The number of rotatable bonds is 6. The Morgan fingerprint density at radius 3 is 2.64 bits per heavy atom. The Morgan fingerprint density at radius 1 is 1.14 bits per heavy atom. The van der Waals surface area contributed by atoms with Crippen molar-refractivity contribution in [2.24, 2.45) is 0 Å². The molecule has 1 rings (SSSR count). The lowest BCUT2D eigenvalue weighted by Crippen LogP contribution is -2.33. The van der Waals surface area contributed by atoms with E-state index in [2.05, 4.69) is 42.9 Å². The molecule has 0 radical (unpaired) electrons. The van der Waals surface area contributed by atoms with Crippen LogP contribution in [-0.2, 0) is 13.0 Å². The van der Waals surface area contributed by atoms with Crippen molar-refractivity contribution in [1.29, 1.82) is 0 Å². The van der Waals surface area contributed by atoms with Crippen LogP contribution >= 0.6 is 0 Å². The molecule has 1 aromatic rings. The second kappa shape index (κ2) is 6.58. The number of unbranched alkanes of at least 4 members (excludes halogenated alkanes) is 2. The summed E-state index contributed by atoms with van der Waals surface area (Å²) in [6.07, 6.45) is 10.8. The van der Waals surface area contributed by atoms with Gasteiger partial charge in [-0.05, 0) is 18.9 Å². The maximum atomic E-state index is 2.31. The van der Waals surface area contributed by atoms with Gasteiger partial charge in [-0.1, -0.05) is 26.7 Å². The molecule has 0 bridgehead atoms. The van der Waals surface area contributed by atoms with Crippen LogP contribution < -0.4 is 4.57 Å². The molecule has 0 atom stereocenters. The Morgan fingerprint density at radius 2 is 1.93 bits per heavy atom. The first-order valence-electron chi connectivity index (χ1n) is 5.84. The summed E-state index contributed by atoms with van der Waals surface area (Å²) < 4.78 is 2.31. The summed E-state index contributed by atoms with van der Waals surface area (Å²) >= 11 is 0. The molecule has 0 aliphatic rings. The number of pyridine rings is 1. The molecule has 0 saturated carbocycles. The molecule has 78 valence electrons. The molecule has 1 nitrogen and oxygen atoms in total. The lowest BCUT2D eigenvalue weighted by molar-refractivity contribution is -0.697. The van der Waals surface area contributed by atoms with Crippen molar-refractivity contribution in [1.82, 2.24) is 0 Å². The predicted octanol–water partition coefficient (Wildman–Crippen LogP) is 3.12. The van der Waals surface area contributed by atoms with E-state index in [1.807, 2.05) is 0 Å². The average molecular weight is 192 g/mol. The molecule has 0 N–H and O–H groups in total. The van der Waals surface area contributed by atoms with Gasteiger partial charge in [0.2, 0.25) is 0 Å². The predicted molar refractivity (Wildman–Crippen MR) is 60.2 cm³/mol. The summed E-state index contributed by atoms with van der Waals surface area (Å²) in [5.74, 6) is 0. The van der Waals surface area contributed by atoms with E-state index in [-0.39, 0.29) is 0 Å². The summed E-state index contributed by atoms with van der Waals surface area (Å²) in [5.41, 5.74) is 1.48. The molecule has 1 heterocycles. The molecule has 0 amide bonds. The summed E-state index contributed by atoms with van der Waals surface area (Å²) in [5, 5.41) is 0. The Labute approximate surface area is 87.8 Å². The third-order valence-electron chi connectivity index (χ3n) is 2.51. The van der Waals surface area contributed by atoms with E-state index < -0.39 is 0 Å². The molecular formula is C13H22N+. The highest BCUT2D eigenvalue weighted by Gasteiger charge is 2.01. The average Bonchev–Trinajstić information content (AvgIpc) is 2.24. The Kier molecular flexibility index (Phi) is 5.28. The van der Waals surface area contributed by atoms with Gasteiger partial charge >= 0.3 is 0 Å². The van der Waals surface area contributed by atoms with Crippen molar-refractivity contribution in [2.45, 2.75) is 52.5 Å². The van der Waals surface area contributed by atoms with Crippen LogP contribution in [-0.4, -0.2) is 0 Å². The summed E-state index contributed by atoms with van der Waals surface area (Å²) in [4.78, 5) is 0. The van der Waals surface area contributed by atoms with Crippen LogP contribution in [0.5, 0.6) is 0 Å². The van der Waals surface area contributed by atoms with E-state index in [1.54, 1.807) is 0 Å². The molecular weight excluding hydrogens is 170 g/mol. The molecule has 0 spiro atoms. The zero-order valence-corrected chi connectivity index (χ0v) is 9.50. The van der Waals surface area contributed by atoms with Crippen LogP contribution in [0.15, 0.2) is 24.5 Å². The lowest BCUT2D eigenvalue weighted by atomic mass is 10.1. The zero-order valence-electron chi connectivity index (χ0n) is 9.50. The van der Waals surface area contributed by atoms with Crippen LogP contribution in [0.1, 0.15) is 45.1 Å². The highest BCUT2D eigenvalue weighted by atomic mass is 14.9. The minimum absolute atomic E-state index is 1.16.